The second kappa shape index (κ2) is 9.21. The van der Waals surface area contributed by atoms with Gasteiger partial charge >= 0.3 is 0 Å². The van der Waals surface area contributed by atoms with Crippen LogP contribution in [0.4, 0.5) is 22.9 Å². The van der Waals surface area contributed by atoms with E-state index in [1.807, 2.05) is 55.5 Å². The van der Waals surface area contributed by atoms with E-state index in [1.54, 1.807) is 35.5 Å². The lowest BCUT2D eigenvalue weighted by molar-refractivity contribution is 0.0985. The predicted octanol–water partition coefficient (Wildman–Crippen LogP) is 6.13. The topological polar surface area (TPSA) is 70.2 Å². The van der Waals surface area contributed by atoms with Crippen LogP contribution in [0, 0.1) is 6.92 Å². The summed E-state index contributed by atoms with van der Waals surface area (Å²) >= 11 is 12.1. The number of thiocarbonyl (C=S) groups is 1. The number of benzene rings is 2. The Bertz CT molecular complexity index is 1420. The first kappa shape index (κ1) is 22.0. The van der Waals surface area contributed by atoms with E-state index in [2.05, 4.69) is 20.6 Å². The Morgan fingerprint density at radius 3 is 2.65 bits per heavy atom. The van der Waals surface area contributed by atoms with Gasteiger partial charge in [-0.3, -0.25) is 9.78 Å². The van der Waals surface area contributed by atoms with Gasteiger partial charge in [-0.2, -0.15) is 0 Å². The molecule has 168 valence electrons. The summed E-state index contributed by atoms with van der Waals surface area (Å²) in [5, 5.41) is 6.86. The monoisotopic (exact) mass is 485 g/mol. The van der Waals surface area contributed by atoms with Gasteiger partial charge in [-0.15, -0.1) is 0 Å². The zero-order valence-corrected chi connectivity index (χ0v) is 19.8. The molecule has 1 amide bonds. The molecule has 0 radical (unpaired) electrons. The van der Waals surface area contributed by atoms with Crippen molar-refractivity contribution in [1.29, 1.82) is 0 Å². The molecule has 1 aliphatic heterocycles. The average molecular weight is 486 g/mol. The highest BCUT2D eigenvalue weighted by Crippen LogP contribution is 2.36. The zero-order valence-electron chi connectivity index (χ0n) is 18.2. The molecule has 2 aromatic heterocycles. The third-order valence-corrected chi connectivity index (χ3v) is 6.26. The van der Waals surface area contributed by atoms with Crippen molar-refractivity contribution in [2.75, 3.05) is 15.5 Å². The van der Waals surface area contributed by atoms with Crippen LogP contribution in [-0.4, -0.2) is 20.9 Å². The van der Waals surface area contributed by atoms with Gasteiger partial charge in [0.2, 0.25) is 0 Å². The number of rotatable bonds is 3. The number of carbonyl (C=O) groups excluding carboxylic acids is 1. The van der Waals surface area contributed by atoms with Crippen molar-refractivity contribution in [1.82, 2.24) is 9.97 Å². The summed E-state index contributed by atoms with van der Waals surface area (Å²) in [5.74, 6) is 0.531. The van der Waals surface area contributed by atoms with E-state index in [-0.39, 0.29) is 5.91 Å². The third kappa shape index (κ3) is 4.23. The van der Waals surface area contributed by atoms with Crippen molar-refractivity contribution in [3.05, 3.63) is 107 Å². The van der Waals surface area contributed by atoms with Crippen LogP contribution in [0.25, 0.3) is 0 Å². The summed E-state index contributed by atoms with van der Waals surface area (Å²) < 4.78 is 0. The molecular weight excluding hydrogens is 466 g/mol. The molecule has 0 fully saturated rings. The molecule has 2 aromatic carbocycles. The van der Waals surface area contributed by atoms with Gasteiger partial charge in [-0.25, -0.2) is 4.98 Å². The van der Waals surface area contributed by atoms with Crippen molar-refractivity contribution in [2.24, 2.45) is 0 Å². The van der Waals surface area contributed by atoms with Crippen molar-refractivity contribution in [3.8, 4) is 0 Å². The Balaban J connectivity index is 1.45. The maximum atomic E-state index is 13.7. The van der Waals surface area contributed by atoms with Crippen LogP contribution >= 0.6 is 23.8 Å². The quantitative estimate of drug-likeness (QED) is 0.340. The third-order valence-electron chi connectivity index (χ3n) is 5.62. The minimum Gasteiger partial charge on any atom is -0.346 e. The number of fused-ring (bicyclic) bond motifs is 2. The van der Waals surface area contributed by atoms with E-state index in [4.69, 9.17) is 23.8 Å². The molecular formula is C26H20ClN5OS. The summed E-state index contributed by atoms with van der Waals surface area (Å²) in [6.45, 7) is 2.27. The molecule has 0 aliphatic carbocycles. The van der Waals surface area contributed by atoms with Gasteiger partial charge < -0.3 is 15.5 Å². The normalized spacial score (nSPS) is 12.1. The van der Waals surface area contributed by atoms with E-state index < -0.39 is 0 Å². The molecule has 2 N–H and O–H groups in total. The van der Waals surface area contributed by atoms with Crippen molar-refractivity contribution in [2.45, 2.75) is 13.5 Å². The van der Waals surface area contributed by atoms with Crippen molar-refractivity contribution < 1.29 is 4.79 Å². The van der Waals surface area contributed by atoms with Crippen molar-refractivity contribution in [3.63, 3.8) is 0 Å². The summed E-state index contributed by atoms with van der Waals surface area (Å²) in [4.78, 5) is 24.6. The van der Waals surface area contributed by atoms with Crippen LogP contribution in [0.2, 0.25) is 5.02 Å². The van der Waals surface area contributed by atoms with E-state index >= 15 is 0 Å². The number of nitrogens with zero attached hydrogens (tertiary/aromatic N) is 3. The summed E-state index contributed by atoms with van der Waals surface area (Å²) in [6.07, 6.45) is 3.45. The number of aryl methyl sites for hydroxylation is 1. The highest BCUT2D eigenvalue weighted by Gasteiger charge is 2.26. The van der Waals surface area contributed by atoms with Gasteiger partial charge in [0.25, 0.3) is 5.91 Å². The van der Waals surface area contributed by atoms with Crippen LogP contribution in [0.15, 0.2) is 79.1 Å². The first-order chi connectivity index (χ1) is 16.5. The Morgan fingerprint density at radius 2 is 1.82 bits per heavy atom. The zero-order chi connectivity index (χ0) is 23.7. The molecule has 0 saturated carbocycles. The van der Waals surface area contributed by atoms with Crippen LogP contribution in [0.3, 0.4) is 0 Å². The molecule has 0 saturated heterocycles. The number of para-hydroxylation sites is 2. The van der Waals surface area contributed by atoms with Gasteiger partial charge in [0, 0.05) is 34.9 Å². The molecule has 6 nitrogen and oxygen atoms in total. The lowest BCUT2D eigenvalue weighted by Gasteiger charge is -2.23. The minimum atomic E-state index is -0.201. The van der Waals surface area contributed by atoms with Crippen molar-refractivity contribution >= 4 is 57.6 Å². The summed E-state index contributed by atoms with van der Waals surface area (Å²) in [6, 6.07) is 20.5. The fourth-order valence-corrected chi connectivity index (χ4v) is 4.49. The predicted molar refractivity (Wildman–Crippen MR) is 140 cm³/mol. The average Bonchev–Trinajstić information content (AvgIpc) is 3.01. The number of hydrogen-bond acceptors (Lipinski definition) is 5. The number of hydrogen-bond donors (Lipinski definition) is 2. The Morgan fingerprint density at radius 1 is 1.03 bits per heavy atom. The number of carbonyl (C=O) groups is 1. The lowest BCUT2D eigenvalue weighted by Crippen LogP contribution is -2.30. The second-order valence-corrected chi connectivity index (χ2v) is 8.65. The fourth-order valence-electron chi connectivity index (χ4n) is 3.89. The Hall–Kier alpha value is -3.81. The molecule has 1 aliphatic rings. The molecule has 34 heavy (non-hydrogen) atoms. The first-order valence-corrected chi connectivity index (χ1v) is 11.4. The molecule has 0 spiro atoms. The number of nitrogens with one attached hydrogen (secondary N) is 2. The lowest BCUT2D eigenvalue weighted by atomic mass is 10.1. The molecule has 3 heterocycles. The number of halogens is 1. The number of amides is 1. The van der Waals surface area contributed by atoms with Gasteiger partial charge in [0.15, 0.2) is 0 Å². The molecule has 0 unspecified atom stereocenters. The fraction of sp³-hybridized carbons (Fsp3) is 0.0769. The highest BCUT2D eigenvalue weighted by molar-refractivity contribution is 7.81. The summed E-state index contributed by atoms with van der Waals surface area (Å²) in [5.41, 5.74) is 5.26. The van der Waals surface area contributed by atoms with E-state index in [0.29, 0.717) is 27.8 Å². The number of anilines is 4. The largest absolute Gasteiger partial charge is 0.346 e. The second-order valence-electron chi connectivity index (χ2n) is 7.83. The van der Waals surface area contributed by atoms with E-state index in [0.717, 1.165) is 34.0 Å². The van der Waals surface area contributed by atoms with E-state index in [9.17, 15) is 4.79 Å². The van der Waals surface area contributed by atoms with Gasteiger partial charge in [0.1, 0.15) is 10.8 Å². The SMILES string of the molecule is Cc1ncccc1C(=S)Nc1ccc(C(=O)N2Cc3cccnc3Nc3ccccc32)c(Cl)c1. The molecule has 5 rings (SSSR count). The molecule has 4 aromatic rings. The standard InChI is InChI=1S/C26H20ClN5OS/c1-16-19(7-5-12-28-16)25(34)30-18-10-11-20(21(27)14-18)26(33)32-15-17-6-4-13-29-24(17)31-22-8-2-3-9-23(22)32/h2-14H,15H2,1H3,(H,29,31)(H,30,34). The van der Waals surface area contributed by atoms with Gasteiger partial charge in [-0.05, 0) is 55.5 Å². The number of pyridine rings is 2. The molecule has 0 bridgehead atoms. The first-order valence-electron chi connectivity index (χ1n) is 10.7. The summed E-state index contributed by atoms with van der Waals surface area (Å²) in [7, 11) is 0. The van der Waals surface area contributed by atoms with E-state index in [1.165, 1.54) is 0 Å². The maximum absolute atomic E-state index is 13.7. The minimum absolute atomic E-state index is 0.201. The number of aromatic nitrogens is 2. The highest BCUT2D eigenvalue weighted by atomic mass is 35.5. The smallest absolute Gasteiger partial charge is 0.260 e. The Kier molecular flexibility index (Phi) is 5.96. The maximum Gasteiger partial charge on any atom is 0.260 e. The van der Waals surface area contributed by atoms with Crippen LogP contribution in [-0.2, 0) is 6.54 Å². The van der Waals surface area contributed by atoms with Gasteiger partial charge in [-0.1, -0.05) is 42.0 Å². The van der Waals surface area contributed by atoms with Crippen LogP contribution < -0.4 is 15.5 Å². The molecule has 8 heteroatoms. The molecule has 0 atom stereocenters. The van der Waals surface area contributed by atoms with Crippen LogP contribution in [0.5, 0.6) is 0 Å². The van der Waals surface area contributed by atoms with Gasteiger partial charge in [0.05, 0.1) is 28.5 Å². The van der Waals surface area contributed by atoms with Crippen LogP contribution in [0.1, 0.15) is 27.2 Å². The Labute approximate surface area is 207 Å².